The van der Waals surface area contributed by atoms with Crippen LogP contribution >= 0.6 is 0 Å². The van der Waals surface area contributed by atoms with Gasteiger partial charge in [-0.2, -0.15) is 22.3 Å². The largest absolute Gasteiger partial charge is 0.346 e. The van der Waals surface area contributed by atoms with Gasteiger partial charge in [0.05, 0.1) is 23.7 Å². The molecule has 4 aromatic rings. The summed E-state index contributed by atoms with van der Waals surface area (Å²) in [6.07, 6.45) is 5.56. The number of rotatable bonds is 5. The van der Waals surface area contributed by atoms with Crippen molar-refractivity contribution in [2.45, 2.75) is 12.0 Å². The molecule has 1 saturated heterocycles. The van der Waals surface area contributed by atoms with Crippen molar-refractivity contribution in [1.82, 2.24) is 28.1 Å². The predicted octanol–water partition coefficient (Wildman–Crippen LogP) is 2.31. The van der Waals surface area contributed by atoms with Crippen molar-refractivity contribution < 1.29 is 8.42 Å². The molecule has 1 aromatic carbocycles. The first kappa shape index (κ1) is 19.7. The van der Waals surface area contributed by atoms with E-state index in [0.717, 1.165) is 33.2 Å². The Kier molecular flexibility index (Phi) is 4.37. The smallest absolute Gasteiger partial charge is 0.281 e. The molecule has 1 aliphatic rings. The van der Waals surface area contributed by atoms with Crippen molar-refractivity contribution in [1.29, 1.82) is 5.26 Å². The Labute approximate surface area is 179 Å². The second kappa shape index (κ2) is 6.88. The average molecular weight is 436 g/mol. The van der Waals surface area contributed by atoms with Gasteiger partial charge in [-0.1, -0.05) is 18.2 Å². The van der Waals surface area contributed by atoms with Gasteiger partial charge in [0, 0.05) is 61.4 Å². The third kappa shape index (κ3) is 2.85. The number of aromatic nitrogens is 4. The van der Waals surface area contributed by atoms with Gasteiger partial charge in [-0.25, -0.2) is 9.97 Å². The Morgan fingerprint density at radius 1 is 1.19 bits per heavy atom. The van der Waals surface area contributed by atoms with Crippen molar-refractivity contribution in [3.8, 4) is 17.3 Å². The number of hydrogen-bond acceptors (Lipinski definition) is 5. The van der Waals surface area contributed by atoms with E-state index < -0.39 is 15.7 Å². The van der Waals surface area contributed by atoms with E-state index in [1.807, 2.05) is 42.7 Å². The van der Waals surface area contributed by atoms with Crippen LogP contribution in [0, 0.1) is 11.3 Å². The number of aromatic amines is 1. The molecule has 0 radical (unpaired) electrons. The zero-order chi connectivity index (χ0) is 21.8. The molecule has 5 rings (SSSR count). The van der Waals surface area contributed by atoms with Crippen molar-refractivity contribution in [2.24, 2.45) is 0 Å². The number of fused-ring (bicyclic) bond motifs is 2. The second-order valence-electron chi connectivity index (χ2n) is 8.01. The molecule has 1 aliphatic heterocycles. The summed E-state index contributed by atoms with van der Waals surface area (Å²) in [6, 6.07) is 12.1. The molecule has 0 unspecified atom stereocenters. The molecule has 158 valence electrons. The van der Waals surface area contributed by atoms with Gasteiger partial charge in [-0.3, -0.25) is 0 Å². The standard InChI is InChI=1S/C21H21N7O2S/c1-26(2)31(29,30)27-12-21(13-27,8-9-22)28-11-17(15-5-3-4-6-18(15)28)19-16-7-10-23-20(16)25-14-24-19/h3-7,10-11,14H,8,12-13H2,1-2H3,(H,23,24,25). The van der Waals surface area contributed by atoms with Crippen LogP contribution in [0.4, 0.5) is 0 Å². The van der Waals surface area contributed by atoms with Gasteiger partial charge < -0.3 is 9.55 Å². The Bertz CT molecular complexity index is 1440. The number of nitriles is 1. The summed E-state index contributed by atoms with van der Waals surface area (Å²) < 4.78 is 29.8. The van der Waals surface area contributed by atoms with Gasteiger partial charge in [0.15, 0.2) is 0 Å². The highest BCUT2D eigenvalue weighted by molar-refractivity contribution is 7.86. The minimum absolute atomic E-state index is 0.202. The number of benzene rings is 1. The van der Waals surface area contributed by atoms with E-state index in [1.54, 1.807) is 0 Å². The average Bonchev–Trinajstić information content (AvgIpc) is 3.35. The molecule has 1 fully saturated rings. The van der Waals surface area contributed by atoms with E-state index in [4.69, 9.17) is 0 Å². The summed E-state index contributed by atoms with van der Waals surface area (Å²) in [6.45, 7) is 0.477. The van der Waals surface area contributed by atoms with Crippen LogP contribution in [0.1, 0.15) is 6.42 Å². The highest BCUT2D eigenvalue weighted by Gasteiger charge is 2.50. The summed E-state index contributed by atoms with van der Waals surface area (Å²) in [7, 11) is -0.510. The van der Waals surface area contributed by atoms with Crippen LogP contribution in [-0.2, 0) is 15.7 Å². The molecule has 3 aromatic heterocycles. The van der Waals surface area contributed by atoms with E-state index in [-0.39, 0.29) is 19.5 Å². The molecule has 0 saturated carbocycles. The van der Waals surface area contributed by atoms with Crippen LogP contribution < -0.4 is 0 Å². The van der Waals surface area contributed by atoms with Crippen LogP contribution in [0.3, 0.4) is 0 Å². The first-order valence-electron chi connectivity index (χ1n) is 9.81. The molecular weight excluding hydrogens is 414 g/mol. The first-order chi connectivity index (χ1) is 14.9. The Hall–Kier alpha value is -3.26. The summed E-state index contributed by atoms with van der Waals surface area (Å²) in [5, 5.41) is 11.5. The van der Waals surface area contributed by atoms with E-state index in [2.05, 4.69) is 25.6 Å². The second-order valence-corrected chi connectivity index (χ2v) is 10.2. The Balaban J connectivity index is 1.68. The molecule has 4 heterocycles. The maximum Gasteiger partial charge on any atom is 0.281 e. The van der Waals surface area contributed by atoms with Crippen LogP contribution in [0.5, 0.6) is 0 Å². The van der Waals surface area contributed by atoms with Crippen molar-refractivity contribution >= 4 is 32.1 Å². The van der Waals surface area contributed by atoms with Gasteiger partial charge in [-0.05, 0) is 12.1 Å². The lowest BCUT2D eigenvalue weighted by Crippen LogP contribution is -2.65. The zero-order valence-corrected chi connectivity index (χ0v) is 18.0. The molecule has 0 amide bonds. The summed E-state index contributed by atoms with van der Waals surface area (Å²) >= 11 is 0. The molecule has 31 heavy (non-hydrogen) atoms. The maximum atomic E-state index is 12.6. The van der Waals surface area contributed by atoms with Crippen molar-refractivity contribution in [3.63, 3.8) is 0 Å². The number of H-pyrrole nitrogens is 1. The summed E-state index contributed by atoms with van der Waals surface area (Å²) in [4.78, 5) is 11.9. The third-order valence-electron chi connectivity index (χ3n) is 5.97. The van der Waals surface area contributed by atoms with E-state index in [1.165, 1.54) is 29.0 Å². The Morgan fingerprint density at radius 2 is 1.97 bits per heavy atom. The number of para-hydroxylation sites is 1. The van der Waals surface area contributed by atoms with Crippen LogP contribution in [0.15, 0.2) is 49.1 Å². The van der Waals surface area contributed by atoms with Crippen LogP contribution in [0.2, 0.25) is 0 Å². The maximum absolute atomic E-state index is 12.6. The minimum atomic E-state index is -3.54. The summed E-state index contributed by atoms with van der Waals surface area (Å²) in [5.41, 5.74) is 2.77. The summed E-state index contributed by atoms with van der Waals surface area (Å²) in [5.74, 6) is 0. The molecule has 0 atom stereocenters. The number of hydrogen-bond donors (Lipinski definition) is 1. The number of nitrogens with zero attached hydrogens (tertiary/aromatic N) is 6. The molecule has 10 heteroatoms. The van der Waals surface area contributed by atoms with Gasteiger partial charge in [0.25, 0.3) is 10.2 Å². The minimum Gasteiger partial charge on any atom is -0.346 e. The fraction of sp³-hybridized carbons (Fsp3) is 0.286. The lowest BCUT2D eigenvalue weighted by atomic mass is 9.88. The molecule has 9 nitrogen and oxygen atoms in total. The SMILES string of the molecule is CN(C)S(=O)(=O)N1CC(CC#N)(n2cc(-c3ncnc4[nH]ccc34)c3ccccc32)C1. The van der Waals surface area contributed by atoms with Gasteiger partial charge in [0.2, 0.25) is 0 Å². The van der Waals surface area contributed by atoms with Crippen LogP contribution in [-0.4, -0.2) is 63.7 Å². The molecular formula is C21H21N7O2S. The highest BCUT2D eigenvalue weighted by Crippen LogP contribution is 2.41. The lowest BCUT2D eigenvalue weighted by Gasteiger charge is -2.49. The third-order valence-corrected chi connectivity index (χ3v) is 7.80. The van der Waals surface area contributed by atoms with Gasteiger partial charge in [0.1, 0.15) is 12.0 Å². The van der Waals surface area contributed by atoms with Crippen molar-refractivity contribution in [3.05, 3.63) is 49.1 Å². The topological polar surface area (TPSA) is 111 Å². The molecule has 0 spiro atoms. The first-order valence-corrected chi connectivity index (χ1v) is 11.2. The van der Waals surface area contributed by atoms with Gasteiger partial charge >= 0.3 is 0 Å². The lowest BCUT2D eigenvalue weighted by molar-refractivity contribution is 0.0843. The fourth-order valence-corrected chi connectivity index (χ4v) is 5.62. The molecule has 1 N–H and O–H groups in total. The van der Waals surface area contributed by atoms with Crippen LogP contribution in [0.25, 0.3) is 33.2 Å². The van der Waals surface area contributed by atoms with E-state index in [0.29, 0.717) is 0 Å². The van der Waals surface area contributed by atoms with E-state index in [9.17, 15) is 13.7 Å². The monoisotopic (exact) mass is 435 g/mol. The molecule has 0 aliphatic carbocycles. The van der Waals surface area contributed by atoms with Gasteiger partial charge in [-0.15, -0.1) is 0 Å². The zero-order valence-electron chi connectivity index (χ0n) is 17.1. The van der Waals surface area contributed by atoms with E-state index >= 15 is 0 Å². The van der Waals surface area contributed by atoms with Crippen molar-refractivity contribution in [2.75, 3.05) is 27.2 Å². The highest BCUT2D eigenvalue weighted by atomic mass is 32.2. The normalized spacial score (nSPS) is 16.6. The fourth-order valence-electron chi connectivity index (χ4n) is 4.35. The quantitative estimate of drug-likeness (QED) is 0.517. The Morgan fingerprint density at radius 3 is 2.71 bits per heavy atom. The molecule has 0 bridgehead atoms. The number of nitrogens with one attached hydrogen (secondary N) is 1. The predicted molar refractivity (Wildman–Crippen MR) is 117 cm³/mol.